The van der Waals surface area contributed by atoms with E-state index in [2.05, 4.69) is 6.58 Å². The molecule has 0 bridgehead atoms. The predicted octanol–water partition coefficient (Wildman–Crippen LogP) is 2.99. The lowest BCUT2D eigenvalue weighted by atomic mass is 10.1. The van der Waals surface area contributed by atoms with Crippen LogP contribution in [0.4, 0.5) is 0 Å². The fourth-order valence-electron chi connectivity index (χ4n) is 1.49. The van der Waals surface area contributed by atoms with E-state index < -0.39 is 10.1 Å². The molecule has 6 nitrogen and oxygen atoms in total. The largest absolute Gasteiger partial charge is 0.508 e. The van der Waals surface area contributed by atoms with E-state index in [1.165, 1.54) is 6.07 Å². The van der Waals surface area contributed by atoms with E-state index in [9.17, 15) is 18.6 Å². The second-order valence-corrected chi connectivity index (χ2v) is 5.75. The Morgan fingerprint density at radius 2 is 1.22 bits per heavy atom. The molecule has 0 fully saturated rings. The number of hydrogen-bond acceptors (Lipinski definition) is 5. The molecule has 2 aromatic carbocycles. The van der Waals surface area contributed by atoms with Gasteiger partial charge in [-0.15, -0.1) is 0 Å². The molecule has 4 N–H and O–H groups in total. The van der Waals surface area contributed by atoms with Gasteiger partial charge in [0, 0.05) is 6.07 Å². The molecule has 0 aliphatic heterocycles. The molecule has 0 saturated heterocycles. The van der Waals surface area contributed by atoms with Gasteiger partial charge in [-0.3, -0.25) is 4.55 Å². The van der Waals surface area contributed by atoms with Gasteiger partial charge in [0.05, 0.1) is 5.41 Å². The van der Waals surface area contributed by atoms with Crippen LogP contribution in [0.1, 0.15) is 11.1 Å². The van der Waals surface area contributed by atoms with Gasteiger partial charge >= 0.3 is 0 Å². The number of hydrogen-bond donors (Lipinski definition) is 4. The maximum absolute atomic E-state index is 9.44. The molecule has 0 aromatic heterocycles. The topological polar surface area (TPSA) is 115 Å². The Balaban J connectivity index is 0.000000379. The van der Waals surface area contributed by atoms with E-state index in [0.29, 0.717) is 11.0 Å². The summed E-state index contributed by atoms with van der Waals surface area (Å²) in [5.41, 5.74) is 1.63. The highest BCUT2D eigenvalue weighted by Gasteiger charge is 1.96. The zero-order valence-electron chi connectivity index (χ0n) is 12.0. The van der Waals surface area contributed by atoms with Crippen LogP contribution < -0.4 is 0 Å². The number of benzene rings is 2. The van der Waals surface area contributed by atoms with Crippen LogP contribution in [-0.2, 0) is 10.1 Å². The van der Waals surface area contributed by atoms with Crippen molar-refractivity contribution >= 4 is 22.3 Å². The lowest BCUT2D eigenvalue weighted by molar-refractivity contribution is 0.450. The average Bonchev–Trinajstić information content (AvgIpc) is 2.46. The predicted molar refractivity (Wildman–Crippen MR) is 88.6 cm³/mol. The van der Waals surface area contributed by atoms with Gasteiger partial charge in [0.15, 0.2) is 0 Å². The molecule has 122 valence electrons. The SMILES string of the molecule is C=CS(=O)(=O)O.Oc1ccc(C=Cc2cc(O)cc(O)c2)cc1. The van der Waals surface area contributed by atoms with Crippen LogP contribution in [0.25, 0.3) is 12.2 Å². The summed E-state index contributed by atoms with van der Waals surface area (Å²) in [6, 6.07) is 11.1. The minimum Gasteiger partial charge on any atom is -0.508 e. The van der Waals surface area contributed by atoms with Crippen molar-refractivity contribution in [3.05, 3.63) is 65.6 Å². The Kier molecular flexibility index (Phi) is 6.37. The van der Waals surface area contributed by atoms with E-state index in [1.807, 2.05) is 6.08 Å². The van der Waals surface area contributed by atoms with Gasteiger partial charge in [-0.1, -0.05) is 30.9 Å². The normalized spacial score (nSPS) is 10.8. The molecular formula is C16H16O6S. The lowest BCUT2D eigenvalue weighted by Crippen LogP contribution is -1.86. The first-order valence-corrected chi connectivity index (χ1v) is 7.80. The summed E-state index contributed by atoms with van der Waals surface area (Å²) in [4.78, 5) is 0. The van der Waals surface area contributed by atoms with Gasteiger partial charge < -0.3 is 15.3 Å². The molecule has 0 amide bonds. The Hall–Kier alpha value is -2.77. The fraction of sp³-hybridized carbons (Fsp3) is 0. The van der Waals surface area contributed by atoms with Crippen LogP contribution in [0.15, 0.2) is 54.5 Å². The zero-order chi connectivity index (χ0) is 17.5. The second-order valence-electron chi connectivity index (χ2n) is 4.39. The van der Waals surface area contributed by atoms with Crippen LogP contribution in [0.2, 0.25) is 0 Å². The van der Waals surface area contributed by atoms with Crippen LogP contribution in [0.5, 0.6) is 17.2 Å². The van der Waals surface area contributed by atoms with Crippen LogP contribution in [0.3, 0.4) is 0 Å². The molecular weight excluding hydrogens is 320 g/mol. The lowest BCUT2D eigenvalue weighted by Gasteiger charge is -1.98. The molecule has 0 spiro atoms. The van der Waals surface area contributed by atoms with Crippen molar-refractivity contribution in [2.75, 3.05) is 0 Å². The zero-order valence-corrected chi connectivity index (χ0v) is 12.8. The number of phenolic OH excluding ortho intramolecular Hbond substituents is 3. The molecule has 2 aromatic rings. The second kappa shape index (κ2) is 8.02. The first kappa shape index (κ1) is 18.3. The summed E-state index contributed by atoms with van der Waals surface area (Å²) in [5, 5.41) is 28.2. The van der Waals surface area contributed by atoms with E-state index in [0.717, 1.165) is 5.56 Å². The Morgan fingerprint density at radius 1 is 0.783 bits per heavy atom. The van der Waals surface area contributed by atoms with Crippen molar-refractivity contribution in [3.8, 4) is 17.2 Å². The highest BCUT2D eigenvalue weighted by Crippen LogP contribution is 2.22. The molecule has 2 rings (SSSR count). The van der Waals surface area contributed by atoms with Gasteiger partial charge in [-0.25, -0.2) is 0 Å². The number of rotatable bonds is 3. The smallest absolute Gasteiger partial charge is 0.287 e. The van der Waals surface area contributed by atoms with Gasteiger partial charge in [0.2, 0.25) is 0 Å². The number of phenols is 3. The van der Waals surface area contributed by atoms with Crippen LogP contribution in [-0.4, -0.2) is 28.3 Å². The quantitative estimate of drug-likeness (QED) is 0.506. The van der Waals surface area contributed by atoms with E-state index in [1.54, 1.807) is 42.5 Å². The van der Waals surface area contributed by atoms with Crippen LogP contribution >= 0.6 is 0 Å². The molecule has 0 aliphatic carbocycles. The molecule has 7 heteroatoms. The summed E-state index contributed by atoms with van der Waals surface area (Å²) in [7, 11) is -3.90. The van der Waals surface area contributed by atoms with Crippen LogP contribution in [0, 0.1) is 0 Å². The average molecular weight is 336 g/mol. The van der Waals surface area contributed by atoms with Crippen molar-refractivity contribution in [2.45, 2.75) is 0 Å². The number of aromatic hydroxyl groups is 3. The van der Waals surface area contributed by atoms with Crippen molar-refractivity contribution in [1.82, 2.24) is 0 Å². The maximum atomic E-state index is 9.44. The Morgan fingerprint density at radius 3 is 1.65 bits per heavy atom. The molecule has 0 radical (unpaired) electrons. The Labute approximate surface area is 134 Å². The molecule has 0 unspecified atom stereocenters. The standard InChI is InChI=1S/C14H12O3.C2H4O3S/c15-12-5-3-10(4-6-12)1-2-11-7-13(16)9-14(17)8-11;1-2-6(3,4)5/h1-9,15-17H;2H,1H2,(H,3,4,5). The van der Waals surface area contributed by atoms with E-state index in [-0.39, 0.29) is 17.2 Å². The summed E-state index contributed by atoms with van der Waals surface area (Å²) >= 11 is 0. The van der Waals surface area contributed by atoms with Crippen molar-refractivity contribution in [1.29, 1.82) is 0 Å². The fourth-order valence-corrected chi connectivity index (χ4v) is 1.49. The first-order chi connectivity index (χ1) is 10.7. The minimum absolute atomic E-state index is 0.0235. The van der Waals surface area contributed by atoms with Crippen molar-refractivity contribution < 1.29 is 28.3 Å². The third-order valence-electron chi connectivity index (χ3n) is 2.50. The summed E-state index contributed by atoms with van der Waals surface area (Å²) in [6.07, 6.45) is 3.60. The van der Waals surface area contributed by atoms with E-state index >= 15 is 0 Å². The first-order valence-electron chi connectivity index (χ1n) is 6.29. The van der Waals surface area contributed by atoms with E-state index in [4.69, 9.17) is 9.66 Å². The highest BCUT2D eigenvalue weighted by atomic mass is 32.2. The van der Waals surface area contributed by atoms with Crippen molar-refractivity contribution in [2.24, 2.45) is 0 Å². The third kappa shape index (κ3) is 7.70. The Bertz CT molecular complexity index is 760. The summed E-state index contributed by atoms with van der Waals surface area (Å²) < 4.78 is 26.6. The summed E-state index contributed by atoms with van der Waals surface area (Å²) in [6.45, 7) is 2.79. The monoisotopic (exact) mass is 336 g/mol. The van der Waals surface area contributed by atoms with Gasteiger partial charge in [-0.2, -0.15) is 8.42 Å². The molecule has 0 heterocycles. The maximum Gasteiger partial charge on any atom is 0.287 e. The van der Waals surface area contributed by atoms with Gasteiger partial charge in [-0.05, 0) is 35.4 Å². The highest BCUT2D eigenvalue weighted by molar-refractivity contribution is 7.88. The molecule has 23 heavy (non-hydrogen) atoms. The van der Waals surface area contributed by atoms with Crippen molar-refractivity contribution in [3.63, 3.8) is 0 Å². The summed E-state index contributed by atoms with van der Waals surface area (Å²) in [5.74, 6) is 0.267. The van der Waals surface area contributed by atoms with Gasteiger partial charge in [0.25, 0.3) is 10.1 Å². The molecule has 0 saturated carbocycles. The minimum atomic E-state index is -3.90. The third-order valence-corrected chi connectivity index (χ3v) is 2.92. The van der Waals surface area contributed by atoms with Gasteiger partial charge in [0.1, 0.15) is 17.2 Å². The molecule has 0 atom stereocenters. The molecule has 0 aliphatic rings.